The van der Waals surface area contributed by atoms with Crippen molar-refractivity contribution in [1.29, 1.82) is 10.0 Å². The first-order valence-electron chi connectivity index (χ1n) is 11.6. The Balaban J connectivity index is 1.81. The van der Waals surface area contributed by atoms with Crippen molar-refractivity contribution >= 4 is 21.3 Å². The standard InChI is InChI=1S/C29H26N4O4S/c1-18-8-11-21(12-9-18)24-17-32-29(37-25-13-10-20(16-30)14-26(25)36-3)27(19(24)2)28(34)33-22-6-5-7-23(15-22)38(4,31)35/h5-15,17,31H,1-4H3,(H,33,34)/t38-/m1/s1. The van der Waals surface area contributed by atoms with Crippen molar-refractivity contribution in [3.63, 3.8) is 0 Å². The summed E-state index contributed by atoms with van der Waals surface area (Å²) in [4.78, 5) is 18.5. The smallest absolute Gasteiger partial charge is 0.261 e. The number of ether oxygens (including phenoxy) is 2. The molecule has 38 heavy (non-hydrogen) atoms. The molecule has 0 aliphatic carbocycles. The van der Waals surface area contributed by atoms with Gasteiger partial charge < -0.3 is 14.8 Å². The molecule has 0 radical (unpaired) electrons. The number of pyridine rings is 1. The van der Waals surface area contributed by atoms with Gasteiger partial charge in [-0.05, 0) is 55.3 Å². The molecule has 1 heterocycles. The van der Waals surface area contributed by atoms with Crippen molar-refractivity contribution in [3.8, 4) is 34.6 Å². The number of carbonyl (C=O) groups is 1. The maximum atomic E-state index is 13.7. The molecule has 4 rings (SSSR count). The molecule has 0 saturated carbocycles. The Morgan fingerprint density at radius 1 is 1.05 bits per heavy atom. The van der Waals surface area contributed by atoms with E-state index >= 15 is 0 Å². The second-order valence-corrected chi connectivity index (χ2v) is 10.9. The molecule has 0 aliphatic heterocycles. The Morgan fingerprint density at radius 2 is 1.79 bits per heavy atom. The molecule has 0 spiro atoms. The third-order valence-corrected chi connectivity index (χ3v) is 7.09. The van der Waals surface area contributed by atoms with Gasteiger partial charge in [-0.2, -0.15) is 5.26 Å². The molecule has 2 N–H and O–H groups in total. The fourth-order valence-electron chi connectivity index (χ4n) is 3.88. The van der Waals surface area contributed by atoms with Gasteiger partial charge >= 0.3 is 0 Å². The summed E-state index contributed by atoms with van der Waals surface area (Å²) in [6.07, 6.45) is 2.97. The van der Waals surface area contributed by atoms with Crippen LogP contribution in [0, 0.1) is 30.0 Å². The van der Waals surface area contributed by atoms with Crippen LogP contribution >= 0.6 is 0 Å². The van der Waals surface area contributed by atoms with E-state index in [1.165, 1.54) is 25.5 Å². The molecule has 4 aromatic rings. The number of nitrogens with zero attached hydrogens (tertiary/aromatic N) is 2. The highest BCUT2D eigenvalue weighted by molar-refractivity contribution is 7.91. The van der Waals surface area contributed by atoms with E-state index in [1.807, 2.05) is 38.1 Å². The average molecular weight is 527 g/mol. The maximum Gasteiger partial charge on any atom is 0.261 e. The number of hydrogen-bond acceptors (Lipinski definition) is 7. The number of amides is 1. The van der Waals surface area contributed by atoms with Crippen molar-refractivity contribution in [1.82, 2.24) is 4.98 Å². The van der Waals surface area contributed by atoms with Crippen molar-refractivity contribution in [2.45, 2.75) is 18.7 Å². The van der Waals surface area contributed by atoms with Crippen LogP contribution in [0.25, 0.3) is 11.1 Å². The van der Waals surface area contributed by atoms with Gasteiger partial charge in [-0.3, -0.25) is 4.79 Å². The lowest BCUT2D eigenvalue weighted by molar-refractivity contribution is 0.102. The highest BCUT2D eigenvalue weighted by atomic mass is 32.2. The summed E-state index contributed by atoms with van der Waals surface area (Å²) >= 11 is 0. The van der Waals surface area contributed by atoms with E-state index in [0.717, 1.165) is 16.7 Å². The van der Waals surface area contributed by atoms with Crippen molar-refractivity contribution in [2.24, 2.45) is 0 Å². The highest BCUT2D eigenvalue weighted by Crippen LogP contribution is 2.36. The Morgan fingerprint density at radius 3 is 2.45 bits per heavy atom. The first kappa shape index (κ1) is 26.4. The number of nitriles is 1. The van der Waals surface area contributed by atoms with E-state index in [9.17, 15) is 14.3 Å². The predicted molar refractivity (Wildman–Crippen MR) is 146 cm³/mol. The second kappa shape index (κ2) is 10.7. The summed E-state index contributed by atoms with van der Waals surface area (Å²) in [5.41, 5.74) is 4.36. The minimum Gasteiger partial charge on any atom is -0.493 e. The van der Waals surface area contributed by atoms with Gasteiger partial charge in [0.05, 0.1) is 28.5 Å². The number of rotatable bonds is 7. The molecule has 0 aliphatic rings. The third kappa shape index (κ3) is 5.66. The van der Waals surface area contributed by atoms with Gasteiger partial charge in [0.15, 0.2) is 11.5 Å². The zero-order chi connectivity index (χ0) is 27.4. The molecular formula is C29H26N4O4S. The van der Waals surface area contributed by atoms with E-state index in [1.54, 1.807) is 36.5 Å². The Bertz CT molecular complexity index is 1670. The number of hydrogen-bond donors (Lipinski definition) is 2. The van der Waals surface area contributed by atoms with Gasteiger partial charge in [-0.15, -0.1) is 0 Å². The van der Waals surface area contributed by atoms with Gasteiger partial charge in [0.2, 0.25) is 5.88 Å². The summed E-state index contributed by atoms with van der Waals surface area (Å²) in [6, 6.07) is 21.0. The minimum absolute atomic E-state index is 0.0507. The SMILES string of the molecule is COc1cc(C#N)ccc1Oc1ncc(-c2ccc(C)cc2)c(C)c1C(=O)Nc1cccc([S@](C)(=N)=O)c1. The zero-order valence-corrected chi connectivity index (χ0v) is 22.2. The Hall–Kier alpha value is -4.68. The van der Waals surface area contributed by atoms with E-state index in [2.05, 4.69) is 16.4 Å². The number of benzene rings is 3. The van der Waals surface area contributed by atoms with Crippen LogP contribution in [0.5, 0.6) is 17.4 Å². The normalized spacial score (nSPS) is 12.2. The van der Waals surface area contributed by atoms with Gasteiger partial charge in [-0.25, -0.2) is 14.0 Å². The molecule has 0 bridgehead atoms. The number of methoxy groups -OCH3 is 1. The minimum atomic E-state index is -2.97. The average Bonchev–Trinajstić information content (AvgIpc) is 2.89. The van der Waals surface area contributed by atoms with Crippen LogP contribution < -0.4 is 14.8 Å². The number of anilines is 1. The predicted octanol–water partition coefficient (Wildman–Crippen LogP) is 6.33. The molecule has 1 aromatic heterocycles. The van der Waals surface area contributed by atoms with E-state index in [-0.39, 0.29) is 17.2 Å². The maximum absolute atomic E-state index is 13.7. The lowest BCUT2D eigenvalue weighted by atomic mass is 9.97. The number of nitrogens with one attached hydrogen (secondary N) is 2. The molecule has 0 saturated heterocycles. The fraction of sp³-hybridized carbons (Fsp3) is 0.138. The largest absolute Gasteiger partial charge is 0.493 e. The molecule has 0 fully saturated rings. The van der Waals surface area contributed by atoms with Gasteiger partial charge in [0.1, 0.15) is 5.56 Å². The fourth-order valence-corrected chi connectivity index (χ4v) is 4.57. The summed E-state index contributed by atoms with van der Waals surface area (Å²) in [6.45, 7) is 3.81. The van der Waals surface area contributed by atoms with Crippen molar-refractivity contribution < 1.29 is 18.5 Å². The van der Waals surface area contributed by atoms with Crippen molar-refractivity contribution in [2.75, 3.05) is 18.7 Å². The quantitative estimate of drug-likeness (QED) is 0.290. The van der Waals surface area contributed by atoms with Crippen LogP contribution in [0.15, 0.2) is 77.8 Å². The third-order valence-electron chi connectivity index (χ3n) is 5.93. The molecule has 192 valence electrons. The zero-order valence-electron chi connectivity index (χ0n) is 21.4. The first-order chi connectivity index (χ1) is 18.1. The topological polar surface area (TPSA) is 125 Å². The summed E-state index contributed by atoms with van der Waals surface area (Å²) < 4.78 is 31.6. The van der Waals surface area contributed by atoms with E-state index in [4.69, 9.17) is 14.3 Å². The van der Waals surface area contributed by atoms with Gasteiger partial charge in [-0.1, -0.05) is 35.9 Å². The molecule has 0 unspecified atom stereocenters. The summed E-state index contributed by atoms with van der Waals surface area (Å²) in [5.74, 6) is 0.168. The van der Waals surface area contributed by atoms with E-state index < -0.39 is 15.6 Å². The van der Waals surface area contributed by atoms with Crippen LogP contribution in [-0.4, -0.2) is 28.5 Å². The molecule has 1 amide bonds. The monoisotopic (exact) mass is 526 g/mol. The van der Waals surface area contributed by atoms with Crippen LogP contribution in [0.2, 0.25) is 0 Å². The molecule has 1 atom stereocenters. The van der Waals surface area contributed by atoms with Crippen LogP contribution in [0.3, 0.4) is 0 Å². The van der Waals surface area contributed by atoms with E-state index in [0.29, 0.717) is 27.5 Å². The second-order valence-electron chi connectivity index (χ2n) is 8.75. The lowest BCUT2D eigenvalue weighted by Crippen LogP contribution is -2.16. The highest BCUT2D eigenvalue weighted by Gasteiger charge is 2.23. The Kier molecular flexibility index (Phi) is 7.46. The molecule has 8 nitrogen and oxygen atoms in total. The van der Waals surface area contributed by atoms with Gasteiger partial charge in [0.25, 0.3) is 5.91 Å². The number of carbonyl (C=O) groups excluding carboxylic acids is 1. The van der Waals surface area contributed by atoms with Gasteiger partial charge in [0, 0.05) is 34.7 Å². The molecule has 3 aromatic carbocycles. The Labute approximate surface area is 221 Å². The number of aromatic nitrogens is 1. The van der Waals surface area contributed by atoms with Crippen LogP contribution in [0.1, 0.15) is 27.0 Å². The first-order valence-corrected chi connectivity index (χ1v) is 13.5. The van der Waals surface area contributed by atoms with Crippen LogP contribution in [0.4, 0.5) is 5.69 Å². The van der Waals surface area contributed by atoms with Crippen molar-refractivity contribution in [3.05, 3.63) is 95.2 Å². The number of aryl methyl sites for hydroxylation is 1. The lowest BCUT2D eigenvalue weighted by Gasteiger charge is -2.17. The molecular weight excluding hydrogens is 500 g/mol. The molecule has 9 heteroatoms. The summed E-state index contributed by atoms with van der Waals surface area (Å²) in [5, 5.41) is 12.0. The van der Waals surface area contributed by atoms with Crippen LogP contribution in [-0.2, 0) is 9.73 Å². The summed E-state index contributed by atoms with van der Waals surface area (Å²) in [7, 11) is -1.51.